The van der Waals surface area contributed by atoms with Gasteiger partial charge in [-0.05, 0) is 32.1 Å². The molecule has 0 aromatic heterocycles. The first-order valence-electron chi connectivity index (χ1n) is 8.89. The highest BCUT2D eigenvalue weighted by Crippen LogP contribution is 2.27. The second-order valence-corrected chi connectivity index (χ2v) is 6.82. The van der Waals surface area contributed by atoms with Crippen molar-refractivity contribution in [2.24, 2.45) is 0 Å². The Hall–Kier alpha value is -0.953. The first-order chi connectivity index (χ1) is 11.8. The van der Waals surface area contributed by atoms with Crippen molar-refractivity contribution in [3.63, 3.8) is 0 Å². The molecule has 0 saturated carbocycles. The quantitative estimate of drug-likeness (QED) is 0.170. The maximum absolute atomic E-state index is 13.5. The normalized spacial score (nSPS) is 12.1. The van der Waals surface area contributed by atoms with Crippen LogP contribution in [-0.4, -0.2) is 16.1 Å². The van der Waals surface area contributed by atoms with Crippen molar-refractivity contribution in [2.45, 2.75) is 77.2 Å². The Bertz CT molecular complexity index is 524. The third-order valence-electron chi connectivity index (χ3n) is 5.08. The van der Waals surface area contributed by atoms with Gasteiger partial charge in [0.05, 0.1) is 5.60 Å². The molecular formula is C18H27F5OSi. The Kier molecular flexibility index (Phi) is 9.06. The topological polar surface area (TPSA) is 9.23 Å². The summed E-state index contributed by atoms with van der Waals surface area (Å²) in [5, 5.41) is 0. The second-order valence-electron chi connectivity index (χ2n) is 6.41. The van der Waals surface area contributed by atoms with E-state index in [-0.39, 0.29) is 12.0 Å². The molecule has 0 amide bonds. The van der Waals surface area contributed by atoms with Crippen molar-refractivity contribution >= 4 is 10.5 Å². The van der Waals surface area contributed by atoms with Gasteiger partial charge in [0.15, 0.2) is 23.3 Å². The average Bonchev–Trinajstić information content (AvgIpc) is 2.63. The molecule has 0 fully saturated rings. The SMILES string of the molecule is CCC(CC)(CCCCCCCc1c(F)c(F)c(F)c(F)c1F)O[SiH3]. The Labute approximate surface area is 149 Å². The summed E-state index contributed by atoms with van der Waals surface area (Å²) in [4.78, 5) is 0. The second kappa shape index (κ2) is 10.3. The first-order valence-corrected chi connectivity index (χ1v) is 9.70. The molecule has 0 heterocycles. The maximum Gasteiger partial charge on any atom is 0.200 e. The molecule has 0 radical (unpaired) electrons. The molecule has 0 aliphatic rings. The third kappa shape index (κ3) is 5.51. The Morgan fingerprint density at radius 3 is 1.64 bits per heavy atom. The lowest BCUT2D eigenvalue weighted by molar-refractivity contribution is 0.0583. The summed E-state index contributed by atoms with van der Waals surface area (Å²) in [5.41, 5.74) is -0.738. The van der Waals surface area contributed by atoms with E-state index in [1.807, 2.05) is 0 Å². The number of rotatable bonds is 11. The summed E-state index contributed by atoms with van der Waals surface area (Å²) < 4.78 is 72.0. The molecule has 144 valence electrons. The molecule has 0 aliphatic heterocycles. The van der Waals surface area contributed by atoms with E-state index < -0.39 is 34.6 Å². The summed E-state index contributed by atoms with van der Waals surface area (Å²) in [6.07, 6.45) is 6.70. The van der Waals surface area contributed by atoms with E-state index in [1.165, 1.54) is 0 Å². The Balaban J connectivity index is 2.40. The van der Waals surface area contributed by atoms with Crippen molar-refractivity contribution in [1.29, 1.82) is 0 Å². The van der Waals surface area contributed by atoms with E-state index in [4.69, 9.17) is 4.43 Å². The van der Waals surface area contributed by atoms with E-state index >= 15 is 0 Å². The molecular weight excluding hydrogens is 355 g/mol. The van der Waals surface area contributed by atoms with E-state index in [1.54, 1.807) is 0 Å². The zero-order valence-electron chi connectivity index (χ0n) is 15.2. The predicted octanol–water partition coefficient (Wildman–Crippen LogP) is 5.12. The van der Waals surface area contributed by atoms with Crippen molar-refractivity contribution in [1.82, 2.24) is 0 Å². The van der Waals surface area contributed by atoms with E-state index in [0.29, 0.717) is 23.3 Å². The zero-order valence-corrected chi connectivity index (χ0v) is 17.2. The van der Waals surface area contributed by atoms with Crippen LogP contribution in [0.15, 0.2) is 0 Å². The van der Waals surface area contributed by atoms with Crippen molar-refractivity contribution < 1.29 is 26.4 Å². The summed E-state index contributed by atoms with van der Waals surface area (Å²) in [6, 6.07) is 0. The Morgan fingerprint density at radius 1 is 0.720 bits per heavy atom. The molecule has 25 heavy (non-hydrogen) atoms. The lowest BCUT2D eigenvalue weighted by Gasteiger charge is -2.31. The molecule has 1 aromatic carbocycles. The maximum atomic E-state index is 13.5. The van der Waals surface area contributed by atoms with Crippen LogP contribution in [0.5, 0.6) is 0 Å². The van der Waals surface area contributed by atoms with Gasteiger partial charge in [0.2, 0.25) is 5.82 Å². The molecule has 0 spiro atoms. The van der Waals surface area contributed by atoms with Gasteiger partial charge in [-0.15, -0.1) is 0 Å². The van der Waals surface area contributed by atoms with Crippen LogP contribution in [0.2, 0.25) is 0 Å². The van der Waals surface area contributed by atoms with Crippen molar-refractivity contribution in [2.75, 3.05) is 0 Å². The fourth-order valence-electron chi connectivity index (χ4n) is 3.14. The average molecular weight is 382 g/mol. The molecule has 0 aliphatic carbocycles. The van der Waals surface area contributed by atoms with E-state index in [0.717, 1.165) is 38.5 Å². The molecule has 0 unspecified atom stereocenters. The van der Waals surface area contributed by atoms with Gasteiger partial charge in [-0.1, -0.05) is 39.5 Å². The summed E-state index contributed by atoms with van der Waals surface area (Å²) in [6.45, 7) is 4.23. The van der Waals surface area contributed by atoms with Crippen LogP contribution in [0.3, 0.4) is 0 Å². The van der Waals surface area contributed by atoms with Crippen LogP contribution in [0.4, 0.5) is 22.0 Å². The van der Waals surface area contributed by atoms with Crippen LogP contribution < -0.4 is 0 Å². The number of unbranched alkanes of at least 4 members (excludes halogenated alkanes) is 4. The lowest BCUT2D eigenvalue weighted by Crippen LogP contribution is -2.30. The lowest BCUT2D eigenvalue weighted by atomic mass is 9.90. The highest BCUT2D eigenvalue weighted by molar-refractivity contribution is 5.98. The van der Waals surface area contributed by atoms with Gasteiger partial charge in [-0.2, -0.15) is 0 Å². The highest BCUT2D eigenvalue weighted by atomic mass is 28.2. The van der Waals surface area contributed by atoms with E-state index in [2.05, 4.69) is 13.8 Å². The number of halogens is 5. The van der Waals surface area contributed by atoms with Gasteiger partial charge in [0.1, 0.15) is 10.5 Å². The summed E-state index contributed by atoms with van der Waals surface area (Å²) in [7, 11) is 0.708. The molecule has 7 heteroatoms. The minimum atomic E-state index is -2.10. The van der Waals surface area contributed by atoms with Gasteiger partial charge in [0.25, 0.3) is 0 Å². The van der Waals surface area contributed by atoms with Crippen LogP contribution in [-0.2, 0) is 10.8 Å². The van der Waals surface area contributed by atoms with Crippen LogP contribution >= 0.6 is 0 Å². The number of benzene rings is 1. The molecule has 0 N–H and O–H groups in total. The monoisotopic (exact) mass is 382 g/mol. The predicted molar refractivity (Wildman–Crippen MR) is 92.0 cm³/mol. The largest absolute Gasteiger partial charge is 0.422 e. The Morgan fingerprint density at radius 2 is 1.16 bits per heavy atom. The fraction of sp³-hybridized carbons (Fsp3) is 0.667. The van der Waals surface area contributed by atoms with Gasteiger partial charge < -0.3 is 4.43 Å². The van der Waals surface area contributed by atoms with Gasteiger partial charge >= 0.3 is 0 Å². The molecule has 1 rings (SSSR count). The number of hydrogen-bond donors (Lipinski definition) is 0. The van der Waals surface area contributed by atoms with E-state index in [9.17, 15) is 22.0 Å². The third-order valence-corrected chi connectivity index (χ3v) is 5.95. The molecule has 1 aromatic rings. The smallest absolute Gasteiger partial charge is 0.200 e. The highest BCUT2D eigenvalue weighted by Gasteiger charge is 2.25. The van der Waals surface area contributed by atoms with Gasteiger partial charge in [0, 0.05) is 5.56 Å². The van der Waals surface area contributed by atoms with Crippen LogP contribution in [0.25, 0.3) is 0 Å². The fourth-order valence-corrected chi connectivity index (χ4v) is 3.92. The molecule has 0 atom stereocenters. The summed E-state index contributed by atoms with van der Waals surface area (Å²) >= 11 is 0. The minimum Gasteiger partial charge on any atom is -0.422 e. The summed E-state index contributed by atoms with van der Waals surface area (Å²) in [5.74, 6) is -9.26. The van der Waals surface area contributed by atoms with Gasteiger partial charge in [-0.3, -0.25) is 0 Å². The van der Waals surface area contributed by atoms with Crippen LogP contribution in [0.1, 0.15) is 70.8 Å². The van der Waals surface area contributed by atoms with Crippen molar-refractivity contribution in [3.05, 3.63) is 34.6 Å². The van der Waals surface area contributed by atoms with Crippen molar-refractivity contribution in [3.8, 4) is 0 Å². The standard InChI is InChI=1S/C18H27F5OSi/c1-3-18(4-2,24-25)11-9-7-5-6-8-10-12-13(19)15(21)17(23)16(22)14(12)20/h3-11H2,1-2,25H3. The zero-order chi connectivity index (χ0) is 19.0. The molecule has 0 bridgehead atoms. The number of hydrogen-bond acceptors (Lipinski definition) is 1. The first kappa shape index (κ1) is 22.1. The minimum absolute atomic E-state index is 0.0261. The molecule has 1 nitrogen and oxygen atoms in total. The van der Waals surface area contributed by atoms with Gasteiger partial charge in [-0.25, -0.2) is 22.0 Å². The van der Waals surface area contributed by atoms with Crippen LogP contribution in [0, 0.1) is 29.1 Å². The molecule has 0 saturated heterocycles.